The Hall–Kier alpha value is -3.11. The Labute approximate surface area is 154 Å². The minimum atomic E-state index is -0.820. The van der Waals surface area contributed by atoms with Crippen molar-refractivity contribution < 1.29 is 14.0 Å². The van der Waals surface area contributed by atoms with Crippen LogP contribution in [0.5, 0.6) is 0 Å². The molecule has 132 valence electrons. The van der Waals surface area contributed by atoms with Crippen LogP contribution in [0, 0.1) is 17.1 Å². The molecule has 1 unspecified atom stereocenters. The van der Waals surface area contributed by atoms with Crippen LogP contribution in [0.15, 0.2) is 42.5 Å². The summed E-state index contributed by atoms with van der Waals surface area (Å²) in [6.45, 7) is 0.0633. The SMILES string of the molecule is N#Cc1ccc([C@@H](c2ccc(F)c(Cl)c2)N2CC(C(N)=O)NC2=O)cc1. The van der Waals surface area contributed by atoms with Gasteiger partial charge in [-0.05, 0) is 35.4 Å². The summed E-state index contributed by atoms with van der Waals surface area (Å²) in [4.78, 5) is 25.3. The van der Waals surface area contributed by atoms with E-state index in [9.17, 15) is 14.0 Å². The highest BCUT2D eigenvalue weighted by molar-refractivity contribution is 6.30. The first-order valence-corrected chi connectivity index (χ1v) is 8.10. The summed E-state index contributed by atoms with van der Waals surface area (Å²) in [5, 5.41) is 11.4. The molecule has 0 radical (unpaired) electrons. The first kappa shape index (κ1) is 17.7. The lowest BCUT2D eigenvalue weighted by Crippen LogP contribution is -2.39. The molecule has 0 aliphatic carbocycles. The molecule has 1 aliphatic heterocycles. The van der Waals surface area contributed by atoms with Crippen molar-refractivity contribution in [3.8, 4) is 6.07 Å². The maximum Gasteiger partial charge on any atom is 0.318 e. The van der Waals surface area contributed by atoms with E-state index in [1.54, 1.807) is 24.3 Å². The third-order valence-electron chi connectivity index (χ3n) is 4.21. The van der Waals surface area contributed by atoms with Crippen molar-refractivity contribution in [2.75, 3.05) is 6.54 Å². The number of hydrogen-bond acceptors (Lipinski definition) is 3. The van der Waals surface area contributed by atoms with E-state index in [4.69, 9.17) is 22.6 Å². The van der Waals surface area contributed by atoms with Crippen LogP contribution in [-0.2, 0) is 4.79 Å². The molecule has 0 aromatic heterocycles. The molecule has 1 heterocycles. The summed E-state index contributed by atoms with van der Waals surface area (Å²) < 4.78 is 13.6. The molecule has 3 rings (SSSR count). The molecule has 1 aliphatic rings. The van der Waals surface area contributed by atoms with E-state index in [0.717, 1.165) is 0 Å². The maximum absolute atomic E-state index is 13.6. The lowest BCUT2D eigenvalue weighted by Gasteiger charge is -2.28. The third-order valence-corrected chi connectivity index (χ3v) is 4.50. The van der Waals surface area contributed by atoms with Crippen LogP contribution in [0.1, 0.15) is 22.7 Å². The summed E-state index contributed by atoms with van der Waals surface area (Å²) in [6, 6.07) is 10.9. The van der Waals surface area contributed by atoms with Gasteiger partial charge in [0, 0.05) is 0 Å². The van der Waals surface area contributed by atoms with Gasteiger partial charge < -0.3 is 16.0 Å². The minimum absolute atomic E-state index is 0.0633. The van der Waals surface area contributed by atoms with Gasteiger partial charge in [-0.2, -0.15) is 5.26 Å². The number of rotatable bonds is 4. The van der Waals surface area contributed by atoms with Crippen molar-refractivity contribution in [3.63, 3.8) is 0 Å². The summed E-state index contributed by atoms with van der Waals surface area (Å²) in [6.07, 6.45) is 0. The number of hydrogen-bond donors (Lipinski definition) is 2. The Bertz CT molecular complexity index is 910. The lowest BCUT2D eigenvalue weighted by atomic mass is 9.96. The fourth-order valence-corrected chi connectivity index (χ4v) is 3.10. The Kier molecular flexibility index (Phi) is 4.78. The van der Waals surface area contributed by atoms with E-state index >= 15 is 0 Å². The van der Waals surface area contributed by atoms with E-state index in [-0.39, 0.29) is 11.6 Å². The number of nitriles is 1. The first-order valence-electron chi connectivity index (χ1n) is 7.72. The zero-order valence-corrected chi connectivity index (χ0v) is 14.2. The summed E-state index contributed by atoms with van der Waals surface area (Å²) in [7, 11) is 0. The molecule has 1 fully saturated rings. The highest BCUT2D eigenvalue weighted by Crippen LogP contribution is 2.33. The van der Waals surface area contributed by atoms with Gasteiger partial charge in [-0.1, -0.05) is 29.8 Å². The van der Waals surface area contributed by atoms with E-state index in [1.807, 2.05) is 6.07 Å². The van der Waals surface area contributed by atoms with Crippen molar-refractivity contribution in [2.24, 2.45) is 5.73 Å². The first-order chi connectivity index (χ1) is 12.4. The fourth-order valence-electron chi connectivity index (χ4n) is 2.92. The number of primary amides is 1. The molecule has 26 heavy (non-hydrogen) atoms. The second kappa shape index (κ2) is 7.02. The van der Waals surface area contributed by atoms with Gasteiger partial charge in [0.05, 0.1) is 29.2 Å². The van der Waals surface area contributed by atoms with Crippen LogP contribution in [0.2, 0.25) is 5.02 Å². The number of nitrogens with one attached hydrogen (secondary N) is 1. The maximum atomic E-state index is 13.6. The second-order valence-corrected chi connectivity index (χ2v) is 6.27. The van der Waals surface area contributed by atoms with E-state index in [1.165, 1.54) is 23.1 Å². The summed E-state index contributed by atoms with van der Waals surface area (Å²) in [5.74, 6) is -1.22. The molecule has 2 atom stereocenters. The monoisotopic (exact) mass is 372 g/mol. The predicted octanol–water partition coefficient (Wildman–Crippen LogP) is 2.32. The van der Waals surface area contributed by atoms with Crippen LogP contribution in [0.3, 0.4) is 0 Å². The number of carbonyl (C=O) groups excluding carboxylic acids is 2. The summed E-state index contributed by atoms with van der Waals surface area (Å²) >= 11 is 5.90. The van der Waals surface area contributed by atoms with Gasteiger partial charge in [-0.15, -0.1) is 0 Å². The Morgan fingerprint density at radius 1 is 1.31 bits per heavy atom. The molecule has 1 saturated heterocycles. The average molecular weight is 373 g/mol. The molecule has 2 aromatic carbocycles. The Morgan fingerprint density at radius 2 is 1.96 bits per heavy atom. The third kappa shape index (κ3) is 3.32. The largest absolute Gasteiger partial charge is 0.368 e. The zero-order valence-electron chi connectivity index (χ0n) is 13.4. The van der Waals surface area contributed by atoms with Gasteiger partial charge in [0.2, 0.25) is 5.91 Å². The van der Waals surface area contributed by atoms with Gasteiger partial charge in [0.1, 0.15) is 11.9 Å². The second-order valence-electron chi connectivity index (χ2n) is 5.87. The van der Waals surface area contributed by atoms with Crippen molar-refractivity contribution in [1.82, 2.24) is 10.2 Å². The molecule has 0 spiro atoms. The fraction of sp³-hybridized carbons (Fsp3) is 0.167. The van der Waals surface area contributed by atoms with E-state index < -0.39 is 29.8 Å². The van der Waals surface area contributed by atoms with Crippen LogP contribution in [-0.4, -0.2) is 29.4 Å². The Morgan fingerprint density at radius 3 is 2.50 bits per heavy atom. The molecule has 6 nitrogen and oxygen atoms in total. The minimum Gasteiger partial charge on any atom is -0.368 e. The van der Waals surface area contributed by atoms with Crippen molar-refractivity contribution >= 4 is 23.5 Å². The van der Waals surface area contributed by atoms with Gasteiger partial charge in [0.25, 0.3) is 0 Å². The molecule has 3 N–H and O–H groups in total. The van der Waals surface area contributed by atoms with Crippen molar-refractivity contribution in [2.45, 2.75) is 12.1 Å². The molecule has 3 amide bonds. The normalized spacial score (nSPS) is 17.5. The average Bonchev–Trinajstić information content (AvgIpc) is 3.01. The zero-order chi connectivity index (χ0) is 18.8. The quantitative estimate of drug-likeness (QED) is 0.861. The molecule has 0 saturated carbocycles. The summed E-state index contributed by atoms with van der Waals surface area (Å²) in [5.41, 5.74) is 7.02. The van der Waals surface area contributed by atoms with Gasteiger partial charge in [-0.3, -0.25) is 4.79 Å². The number of urea groups is 1. The Balaban J connectivity index is 2.06. The highest BCUT2D eigenvalue weighted by atomic mass is 35.5. The molecule has 2 aromatic rings. The van der Waals surface area contributed by atoms with Gasteiger partial charge in [0.15, 0.2) is 0 Å². The van der Waals surface area contributed by atoms with Crippen LogP contribution >= 0.6 is 11.6 Å². The van der Waals surface area contributed by atoms with Gasteiger partial charge in [-0.25, -0.2) is 9.18 Å². The number of benzene rings is 2. The standard InChI is InChI=1S/C18H14ClFN4O2/c19-13-7-12(5-6-14(13)20)16(11-3-1-10(8-21)2-4-11)24-9-15(17(22)25)23-18(24)26/h1-7,15-16H,9H2,(H2,22,25)(H,23,26)/t15?,16-/m0/s1. The lowest BCUT2D eigenvalue weighted by molar-refractivity contribution is -0.119. The van der Waals surface area contributed by atoms with Crippen LogP contribution in [0.4, 0.5) is 9.18 Å². The molecular formula is C18H14ClFN4O2. The topological polar surface area (TPSA) is 99.2 Å². The molecule has 8 heteroatoms. The van der Waals surface area contributed by atoms with Gasteiger partial charge >= 0.3 is 6.03 Å². The number of nitrogens with zero attached hydrogens (tertiary/aromatic N) is 2. The molecular weight excluding hydrogens is 359 g/mol. The van der Waals surface area contributed by atoms with Crippen LogP contribution < -0.4 is 11.1 Å². The van der Waals surface area contributed by atoms with E-state index in [0.29, 0.717) is 16.7 Å². The number of nitrogens with two attached hydrogens (primary N) is 1. The number of carbonyl (C=O) groups is 2. The van der Waals surface area contributed by atoms with Crippen LogP contribution in [0.25, 0.3) is 0 Å². The van der Waals surface area contributed by atoms with Crippen molar-refractivity contribution in [3.05, 3.63) is 70.0 Å². The number of amides is 3. The smallest absolute Gasteiger partial charge is 0.318 e. The number of halogens is 2. The molecule has 0 bridgehead atoms. The predicted molar refractivity (Wildman–Crippen MR) is 92.6 cm³/mol. The highest BCUT2D eigenvalue weighted by Gasteiger charge is 2.38. The van der Waals surface area contributed by atoms with E-state index in [2.05, 4.69) is 5.32 Å². The van der Waals surface area contributed by atoms with Crippen molar-refractivity contribution in [1.29, 1.82) is 5.26 Å².